The first-order chi connectivity index (χ1) is 12.1. The molecule has 0 spiro atoms. The quantitative estimate of drug-likeness (QED) is 0.364. The van der Waals surface area contributed by atoms with Crippen molar-refractivity contribution >= 4 is 35.8 Å². The second kappa shape index (κ2) is 11.4. The number of amides is 1. The number of halogens is 1. The molecule has 0 atom stereocenters. The van der Waals surface area contributed by atoms with E-state index in [0.717, 1.165) is 19.0 Å². The van der Waals surface area contributed by atoms with Crippen LogP contribution in [0.15, 0.2) is 35.3 Å². The average Bonchev–Trinajstić information content (AvgIpc) is 3.10. The molecule has 146 valence electrons. The third-order valence-corrected chi connectivity index (χ3v) is 4.96. The molecule has 1 aromatic rings. The predicted molar refractivity (Wildman–Crippen MR) is 119 cm³/mol. The molecule has 6 heteroatoms. The van der Waals surface area contributed by atoms with Crippen molar-refractivity contribution in [1.82, 2.24) is 15.5 Å². The molecule has 26 heavy (non-hydrogen) atoms. The van der Waals surface area contributed by atoms with E-state index in [-0.39, 0.29) is 35.3 Å². The van der Waals surface area contributed by atoms with Gasteiger partial charge in [-0.15, -0.1) is 24.0 Å². The van der Waals surface area contributed by atoms with Crippen molar-refractivity contribution < 1.29 is 4.79 Å². The highest BCUT2D eigenvalue weighted by Gasteiger charge is 2.35. The van der Waals surface area contributed by atoms with E-state index in [4.69, 9.17) is 4.99 Å². The minimum absolute atomic E-state index is 0. The smallest absolute Gasteiger partial charge is 0.223 e. The highest BCUT2D eigenvalue weighted by molar-refractivity contribution is 14.0. The van der Waals surface area contributed by atoms with Gasteiger partial charge in [-0.1, -0.05) is 43.2 Å². The van der Waals surface area contributed by atoms with Crippen LogP contribution in [0, 0.1) is 0 Å². The van der Waals surface area contributed by atoms with Crippen LogP contribution in [-0.4, -0.2) is 50.5 Å². The highest BCUT2D eigenvalue weighted by Crippen LogP contribution is 2.41. The number of hydrogen-bond donors (Lipinski definition) is 2. The first kappa shape index (κ1) is 22.7. The Morgan fingerprint density at radius 1 is 1.15 bits per heavy atom. The van der Waals surface area contributed by atoms with Crippen LogP contribution in [0.25, 0.3) is 0 Å². The Morgan fingerprint density at radius 3 is 2.38 bits per heavy atom. The lowest BCUT2D eigenvalue weighted by molar-refractivity contribution is -0.128. The van der Waals surface area contributed by atoms with Gasteiger partial charge in [0.25, 0.3) is 0 Å². The monoisotopic (exact) mass is 472 g/mol. The lowest BCUT2D eigenvalue weighted by Gasteiger charge is -2.28. The number of benzene rings is 1. The first-order valence-corrected chi connectivity index (χ1v) is 9.35. The molecule has 0 saturated heterocycles. The van der Waals surface area contributed by atoms with E-state index >= 15 is 0 Å². The molecule has 2 N–H and O–H groups in total. The standard InChI is InChI=1S/C20H32N4O.HI/c1-4-21-19(22-15-12-18(25)24(2)3)23-16-20(13-8-9-14-20)17-10-6-5-7-11-17;/h5-7,10-11H,4,8-9,12-16H2,1-3H3,(H2,21,22,23);1H. The number of aliphatic imine (C=N–C) groups is 1. The fraction of sp³-hybridized carbons (Fsp3) is 0.600. The van der Waals surface area contributed by atoms with Crippen LogP contribution in [0.2, 0.25) is 0 Å². The average molecular weight is 472 g/mol. The molecule has 0 heterocycles. The summed E-state index contributed by atoms with van der Waals surface area (Å²) < 4.78 is 0. The van der Waals surface area contributed by atoms with E-state index in [1.54, 1.807) is 19.0 Å². The summed E-state index contributed by atoms with van der Waals surface area (Å²) in [7, 11) is 3.57. The summed E-state index contributed by atoms with van der Waals surface area (Å²) in [6.07, 6.45) is 5.40. The van der Waals surface area contributed by atoms with Gasteiger partial charge in [0.05, 0.1) is 6.54 Å². The number of hydrogen-bond acceptors (Lipinski definition) is 2. The Morgan fingerprint density at radius 2 is 1.81 bits per heavy atom. The van der Waals surface area contributed by atoms with Crippen molar-refractivity contribution in [2.24, 2.45) is 4.99 Å². The first-order valence-electron chi connectivity index (χ1n) is 9.35. The fourth-order valence-electron chi connectivity index (χ4n) is 3.47. The van der Waals surface area contributed by atoms with E-state index in [0.29, 0.717) is 13.0 Å². The van der Waals surface area contributed by atoms with Gasteiger partial charge in [0.15, 0.2) is 5.96 Å². The van der Waals surface area contributed by atoms with Gasteiger partial charge < -0.3 is 15.5 Å². The van der Waals surface area contributed by atoms with Crippen LogP contribution in [0.1, 0.15) is 44.6 Å². The van der Waals surface area contributed by atoms with Crippen LogP contribution in [0.3, 0.4) is 0 Å². The van der Waals surface area contributed by atoms with Crippen molar-refractivity contribution in [3.8, 4) is 0 Å². The van der Waals surface area contributed by atoms with Crippen molar-refractivity contribution in [2.45, 2.75) is 44.4 Å². The summed E-state index contributed by atoms with van der Waals surface area (Å²) in [5.41, 5.74) is 1.55. The molecule has 1 amide bonds. The Bertz CT molecular complexity index is 568. The molecule has 0 radical (unpaired) electrons. The molecule has 0 aromatic heterocycles. The van der Waals surface area contributed by atoms with E-state index in [9.17, 15) is 4.79 Å². The zero-order valence-corrected chi connectivity index (χ0v) is 18.6. The number of nitrogens with zero attached hydrogens (tertiary/aromatic N) is 2. The minimum Gasteiger partial charge on any atom is -0.357 e. The lowest BCUT2D eigenvalue weighted by atomic mass is 9.79. The van der Waals surface area contributed by atoms with Crippen LogP contribution in [0.5, 0.6) is 0 Å². The Labute approximate surface area is 175 Å². The number of carbonyl (C=O) groups excluding carboxylic acids is 1. The third-order valence-electron chi connectivity index (χ3n) is 4.96. The molecule has 0 bridgehead atoms. The maximum absolute atomic E-state index is 11.7. The SMILES string of the molecule is CCNC(=NCC1(c2ccccc2)CCCC1)NCCC(=O)N(C)C.I. The Kier molecular flexibility index (Phi) is 9.98. The lowest BCUT2D eigenvalue weighted by Crippen LogP contribution is -2.40. The summed E-state index contributed by atoms with van der Waals surface area (Å²) in [6.45, 7) is 4.26. The Hall–Kier alpha value is -1.31. The van der Waals surface area contributed by atoms with Crippen molar-refractivity contribution in [3.05, 3.63) is 35.9 Å². The largest absolute Gasteiger partial charge is 0.357 e. The zero-order valence-electron chi connectivity index (χ0n) is 16.3. The topological polar surface area (TPSA) is 56.7 Å². The van der Waals surface area contributed by atoms with Crippen molar-refractivity contribution in [2.75, 3.05) is 33.7 Å². The fourth-order valence-corrected chi connectivity index (χ4v) is 3.47. The van der Waals surface area contributed by atoms with Crippen LogP contribution in [0.4, 0.5) is 0 Å². The zero-order chi connectivity index (χ0) is 18.1. The predicted octanol–water partition coefficient (Wildman–Crippen LogP) is 3.15. The summed E-state index contributed by atoms with van der Waals surface area (Å²) in [5, 5.41) is 6.58. The van der Waals surface area contributed by atoms with Gasteiger partial charge in [-0.05, 0) is 25.3 Å². The highest BCUT2D eigenvalue weighted by atomic mass is 127. The summed E-state index contributed by atoms with van der Waals surface area (Å²) >= 11 is 0. The molecule has 2 rings (SSSR count). The normalized spacial score (nSPS) is 15.9. The molecule has 0 aliphatic heterocycles. The second-order valence-electron chi connectivity index (χ2n) is 7.01. The number of rotatable bonds is 7. The second-order valence-corrected chi connectivity index (χ2v) is 7.01. The van der Waals surface area contributed by atoms with E-state index in [1.807, 2.05) is 0 Å². The van der Waals surface area contributed by atoms with Crippen molar-refractivity contribution in [1.29, 1.82) is 0 Å². The van der Waals surface area contributed by atoms with Gasteiger partial charge in [-0.2, -0.15) is 0 Å². The maximum atomic E-state index is 11.7. The molecular weight excluding hydrogens is 439 g/mol. The molecular formula is C20H33IN4O. The van der Waals surface area contributed by atoms with E-state index in [2.05, 4.69) is 47.9 Å². The van der Waals surface area contributed by atoms with Gasteiger partial charge >= 0.3 is 0 Å². The summed E-state index contributed by atoms with van der Waals surface area (Å²) in [6, 6.07) is 10.8. The molecule has 1 aliphatic carbocycles. The number of carbonyl (C=O) groups is 1. The van der Waals surface area contributed by atoms with Gasteiger partial charge in [0.1, 0.15) is 0 Å². The molecule has 1 fully saturated rings. The molecule has 1 aliphatic rings. The number of guanidine groups is 1. The Balaban J connectivity index is 0.00000338. The van der Waals surface area contributed by atoms with E-state index in [1.165, 1.54) is 31.2 Å². The van der Waals surface area contributed by atoms with Gasteiger partial charge in [0, 0.05) is 39.0 Å². The van der Waals surface area contributed by atoms with Gasteiger partial charge in [-0.25, -0.2) is 0 Å². The van der Waals surface area contributed by atoms with Crippen molar-refractivity contribution in [3.63, 3.8) is 0 Å². The third kappa shape index (κ3) is 6.45. The molecule has 1 aromatic carbocycles. The summed E-state index contributed by atoms with van der Waals surface area (Å²) in [4.78, 5) is 18.2. The minimum atomic E-state index is 0. The summed E-state index contributed by atoms with van der Waals surface area (Å²) in [5.74, 6) is 0.927. The van der Waals surface area contributed by atoms with Gasteiger partial charge in [0.2, 0.25) is 5.91 Å². The van der Waals surface area contributed by atoms with Gasteiger partial charge in [-0.3, -0.25) is 9.79 Å². The van der Waals surface area contributed by atoms with Crippen LogP contribution in [-0.2, 0) is 10.2 Å². The van der Waals surface area contributed by atoms with Crippen LogP contribution < -0.4 is 10.6 Å². The molecule has 0 unspecified atom stereocenters. The molecule has 1 saturated carbocycles. The van der Waals surface area contributed by atoms with Crippen LogP contribution >= 0.6 is 24.0 Å². The number of nitrogens with one attached hydrogen (secondary N) is 2. The van der Waals surface area contributed by atoms with E-state index < -0.39 is 0 Å². The maximum Gasteiger partial charge on any atom is 0.223 e. The molecule has 5 nitrogen and oxygen atoms in total.